The molecule has 0 bridgehead atoms. The number of esters is 2. The number of rotatable bonds is 3. The molecule has 0 aromatic rings. The van der Waals surface area contributed by atoms with E-state index in [0.29, 0.717) is 12.8 Å². The molecule has 0 saturated heterocycles. The molecule has 0 unspecified atom stereocenters. The van der Waals surface area contributed by atoms with Crippen LogP contribution in [0.2, 0.25) is 0 Å². The molecule has 1 rings (SSSR count). The molecule has 0 spiro atoms. The van der Waals surface area contributed by atoms with Crippen LogP contribution in [0.5, 0.6) is 0 Å². The van der Waals surface area contributed by atoms with E-state index in [1.54, 1.807) is 0 Å². The number of hydrogen-bond acceptors (Lipinski definition) is 4. The Hall–Kier alpha value is -1.06. The van der Waals surface area contributed by atoms with E-state index in [1.807, 2.05) is 34.6 Å². The maximum Gasteiger partial charge on any atom is 0.309 e. The van der Waals surface area contributed by atoms with Crippen molar-refractivity contribution < 1.29 is 19.1 Å². The van der Waals surface area contributed by atoms with Crippen molar-refractivity contribution in [2.75, 3.05) is 7.11 Å². The average Bonchev–Trinajstić information content (AvgIpc) is 2.20. The number of ether oxygens (including phenoxy) is 2. The quantitative estimate of drug-likeness (QED) is 0.728. The molecule has 0 radical (unpaired) electrons. The molecule has 104 valence electrons. The predicted molar refractivity (Wildman–Crippen MR) is 67.9 cm³/mol. The topological polar surface area (TPSA) is 52.6 Å². The van der Waals surface area contributed by atoms with Crippen molar-refractivity contribution in [3.63, 3.8) is 0 Å². The maximum atomic E-state index is 11.8. The van der Waals surface area contributed by atoms with Crippen molar-refractivity contribution in [3.05, 3.63) is 0 Å². The SMILES string of the molecule is COC(=O)[C@H]1C[C@@H](CC(=O)OC(C)(C)C)C1(C)C. The van der Waals surface area contributed by atoms with Crippen LogP contribution in [0.4, 0.5) is 0 Å². The first-order valence-electron chi connectivity index (χ1n) is 6.37. The lowest BCUT2D eigenvalue weighted by Crippen LogP contribution is -2.50. The Labute approximate surface area is 109 Å². The van der Waals surface area contributed by atoms with Gasteiger partial charge in [0.15, 0.2) is 0 Å². The fourth-order valence-corrected chi connectivity index (χ4v) is 2.49. The highest BCUT2D eigenvalue weighted by Crippen LogP contribution is 2.53. The molecule has 4 heteroatoms. The third-order valence-corrected chi connectivity index (χ3v) is 3.79. The highest BCUT2D eigenvalue weighted by Gasteiger charge is 2.53. The molecule has 0 aromatic heterocycles. The second-order valence-electron chi connectivity index (χ2n) is 6.62. The van der Waals surface area contributed by atoms with Crippen LogP contribution in [0.15, 0.2) is 0 Å². The molecule has 0 aliphatic heterocycles. The minimum absolute atomic E-state index is 0.102. The summed E-state index contributed by atoms with van der Waals surface area (Å²) in [6.07, 6.45) is 1.08. The summed E-state index contributed by atoms with van der Waals surface area (Å²) < 4.78 is 10.1. The van der Waals surface area contributed by atoms with Gasteiger partial charge < -0.3 is 9.47 Å². The summed E-state index contributed by atoms with van der Waals surface area (Å²) in [6.45, 7) is 9.58. The Morgan fingerprint density at radius 1 is 1.28 bits per heavy atom. The first-order valence-corrected chi connectivity index (χ1v) is 6.37. The summed E-state index contributed by atoms with van der Waals surface area (Å²) in [5, 5.41) is 0. The molecule has 0 amide bonds. The van der Waals surface area contributed by atoms with Crippen LogP contribution in [0.25, 0.3) is 0 Å². The van der Waals surface area contributed by atoms with Crippen LogP contribution in [-0.4, -0.2) is 24.6 Å². The van der Waals surface area contributed by atoms with E-state index in [1.165, 1.54) is 7.11 Å². The standard InChI is InChI=1S/C14H24O4/c1-13(2,3)18-11(15)8-9-7-10(12(16)17-6)14(9,4)5/h9-10H,7-8H2,1-6H3/t9-,10+/m0/s1. The van der Waals surface area contributed by atoms with Gasteiger partial charge in [-0.25, -0.2) is 0 Å². The van der Waals surface area contributed by atoms with Crippen molar-refractivity contribution in [1.29, 1.82) is 0 Å². The van der Waals surface area contributed by atoms with E-state index in [0.717, 1.165) is 0 Å². The van der Waals surface area contributed by atoms with Crippen molar-refractivity contribution in [2.45, 2.75) is 53.1 Å². The summed E-state index contributed by atoms with van der Waals surface area (Å²) >= 11 is 0. The van der Waals surface area contributed by atoms with Crippen LogP contribution in [0.1, 0.15) is 47.5 Å². The van der Waals surface area contributed by atoms with Crippen molar-refractivity contribution in [3.8, 4) is 0 Å². The van der Waals surface area contributed by atoms with Gasteiger partial charge in [-0.2, -0.15) is 0 Å². The fraction of sp³-hybridized carbons (Fsp3) is 0.857. The fourth-order valence-electron chi connectivity index (χ4n) is 2.49. The van der Waals surface area contributed by atoms with Crippen molar-refractivity contribution >= 4 is 11.9 Å². The first-order chi connectivity index (χ1) is 8.08. The van der Waals surface area contributed by atoms with E-state index in [2.05, 4.69) is 0 Å². The molecule has 1 aliphatic carbocycles. The third kappa shape index (κ3) is 3.24. The maximum absolute atomic E-state index is 11.8. The van der Waals surface area contributed by atoms with E-state index < -0.39 is 5.60 Å². The lowest BCUT2D eigenvalue weighted by atomic mass is 9.54. The van der Waals surface area contributed by atoms with Gasteiger partial charge in [-0.3, -0.25) is 9.59 Å². The van der Waals surface area contributed by atoms with Gasteiger partial charge in [0.2, 0.25) is 0 Å². The summed E-state index contributed by atoms with van der Waals surface area (Å²) in [4.78, 5) is 23.3. The highest BCUT2D eigenvalue weighted by molar-refractivity contribution is 5.76. The van der Waals surface area contributed by atoms with Gasteiger partial charge in [-0.15, -0.1) is 0 Å². The lowest BCUT2D eigenvalue weighted by Gasteiger charge is -2.50. The predicted octanol–water partition coefficient (Wildman–Crippen LogP) is 2.55. The second kappa shape index (κ2) is 4.90. The molecule has 4 nitrogen and oxygen atoms in total. The van der Waals surface area contributed by atoms with Crippen LogP contribution >= 0.6 is 0 Å². The van der Waals surface area contributed by atoms with Gasteiger partial charge in [0, 0.05) is 6.42 Å². The monoisotopic (exact) mass is 256 g/mol. The molecule has 18 heavy (non-hydrogen) atoms. The minimum atomic E-state index is -0.452. The molecule has 1 aliphatic rings. The molecule has 0 heterocycles. The van der Waals surface area contributed by atoms with E-state index >= 15 is 0 Å². The van der Waals surface area contributed by atoms with Gasteiger partial charge >= 0.3 is 11.9 Å². The molecule has 0 N–H and O–H groups in total. The zero-order valence-electron chi connectivity index (χ0n) is 12.2. The molecular formula is C14H24O4. The van der Waals surface area contributed by atoms with Gasteiger partial charge in [-0.1, -0.05) is 13.8 Å². The summed E-state index contributed by atoms with van der Waals surface area (Å²) in [7, 11) is 1.40. The first kappa shape index (κ1) is 15.0. The van der Waals surface area contributed by atoms with Crippen molar-refractivity contribution in [2.24, 2.45) is 17.3 Å². The Morgan fingerprint density at radius 2 is 1.83 bits per heavy atom. The van der Waals surface area contributed by atoms with Crippen LogP contribution in [0, 0.1) is 17.3 Å². The van der Waals surface area contributed by atoms with Crippen molar-refractivity contribution in [1.82, 2.24) is 0 Å². The molecular weight excluding hydrogens is 232 g/mol. The number of methoxy groups -OCH3 is 1. The molecule has 0 aromatic carbocycles. The average molecular weight is 256 g/mol. The van der Waals surface area contributed by atoms with Gasteiger partial charge in [0.25, 0.3) is 0 Å². The smallest absolute Gasteiger partial charge is 0.309 e. The number of hydrogen-bond donors (Lipinski definition) is 0. The van der Waals surface area contributed by atoms with Crippen LogP contribution in [-0.2, 0) is 19.1 Å². The van der Waals surface area contributed by atoms with Crippen LogP contribution < -0.4 is 0 Å². The largest absolute Gasteiger partial charge is 0.469 e. The zero-order valence-corrected chi connectivity index (χ0v) is 12.2. The molecule has 1 saturated carbocycles. The molecule has 2 atom stereocenters. The Bertz CT molecular complexity index is 338. The normalized spacial score (nSPS) is 26.1. The Morgan fingerprint density at radius 3 is 2.22 bits per heavy atom. The van der Waals surface area contributed by atoms with Gasteiger partial charge in [0.05, 0.1) is 13.0 Å². The van der Waals surface area contributed by atoms with Crippen LogP contribution in [0.3, 0.4) is 0 Å². The second-order valence-corrected chi connectivity index (χ2v) is 6.62. The Kier molecular flexibility index (Phi) is 4.08. The van der Waals surface area contributed by atoms with E-state index in [4.69, 9.17) is 9.47 Å². The molecule has 1 fully saturated rings. The summed E-state index contributed by atoms with van der Waals surface area (Å²) in [5.41, 5.74) is -0.642. The highest BCUT2D eigenvalue weighted by atomic mass is 16.6. The Balaban J connectivity index is 2.52. The van der Waals surface area contributed by atoms with E-state index in [9.17, 15) is 9.59 Å². The van der Waals surface area contributed by atoms with E-state index in [-0.39, 0.29) is 29.2 Å². The lowest BCUT2D eigenvalue weighted by molar-refractivity contribution is -0.171. The van der Waals surface area contributed by atoms with Gasteiger partial charge in [0.1, 0.15) is 5.60 Å². The summed E-state index contributed by atoms with van der Waals surface area (Å²) in [6, 6.07) is 0. The van der Waals surface area contributed by atoms with Gasteiger partial charge in [-0.05, 0) is 38.5 Å². The number of carbonyl (C=O) groups is 2. The third-order valence-electron chi connectivity index (χ3n) is 3.79. The summed E-state index contributed by atoms with van der Waals surface area (Å²) in [5.74, 6) is -0.282. The number of carbonyl (C=O) groups excluding carboxylic acids is 2. The zero-order chi connectivity index (χ0) is 14.1. The minimum Gasteiger partial charge on any atom is -0.469 e.